The predicted molar refractivity (Wildman–Crippen MR) is 113 cm³/mol. The summed E-state index contributed by atoms with van der Waals surface area (Å²) in [4.78, 5) is 19.5. The lowest BCUT2D eigenvalue weighted by atomic mass is 10.0. The van der Waals surface area contributed by atoms with E-state index in [9.17, 15) is 4.79 Å². The second-order valence-corrected chi connectivity index (χ2v) is 7.69. The summed E-state index contributed by atoms with van der Waals surface area (Å²) in [5.74, 6) is 0.940. The number of para-hydroxylation sites is 1. The van der Waals surface area contributed by atoms with E-state index in [-0.39, 0.29) is 11.9 Å². The molecule has 30 heavy (non-hydrogen) atoms. The molecular weight excluding hydrogens is 378 g/mol. The number of piperidine rings is 1. The molecule has 1 aromatic carbocycles. The minimum absolute atomic E-state index is 0.0711. The van der Waals surface area contributed by atoms with Crippen molar-refractivity contribution in [3.05, 3.63) is 66.3 Å². The number of benzene rings is 1. The number of hydrogen-bond acceptors (Lipinski definition) is 5. The van der Waals surface area contributed by atoms with Crippen molar-refractivity contribution in [3.63, 3.8) is 0 Å². The molecule has 4 heterocycles. The molecule has 0 N–H and O–H groups in total. The molecule has 0 unspecified atom stereocenters. The van der Waals surface area contributed by atoms with Crippen LogP contribution in [0.2, 0.25) is 0 Å². The minimum atomic E-state index is -0.196. The van der Waals surface area contributed by atoms with Crippen LogP contribution in [0.5, 0.6) is 0 Å². The molecule has 1 aliphatic rings. The molecule has 1 saturated heterocycles. The molecule has 1 amide bonds. The van der Waals surface area contributed by atoms with Crippen LogP contribution in [0.25, 0.3) is 22.5 Å². The van der Waals surface area contributed by atoms with Gasteiger partial charge in [0, 0.05) is 24.0 Å². The van der Waals surface area contributed by atoms with E-state index in [1.165, 1.54) is 0 Å². The van der Waals surface area contributed by atoms with E-state index in [1.807, 2.05) is 42.2 Å². The number of aromatic nitrogens is 4. The van der Waals surface area contributed by atoms with Crippen molar-refractivity contribution in [2.75, 3.05) is 6.54 Å². The van der Waals surface area contributed by atoms with Gasteiger partial charge in [0.1, 0.15) is 18.3 Å². The standard InChI is InChI=1S/C23H23N5O2/c1-16-14-17-8-2-3-10-19(17)28(16)15-21(29)27-13-7-5-11-20(27)23-26-25-22(30-23)18-9-4-6-12-24-18/h2-4,6,8-10,12,14,20H,5,7,11,13,15H2,1H3/t20-/m1/s1. The average molecular weight is 401 g/mol. The Morgan fingerprint density at radius 3 is 2.87 bits per heavy atom. The van der Waals surface area contributed by atoms with Gasteiger partial charge in [-0.3, -0.25) is 9.78 Å². The van der Waals surface area contributed by atoms with Crippen LogP contribution in [-0.4, -0.2) is 37.1 Å². The number of rotatable bonds is 4. The van der Waals surface area contributed by atoms with Crippen molar-refractivity contribution in [2.24, 2.45) is 0 Å². The fourth-order valence-corrected chi connectivity index (χ4v) is 4.23. The van der Waals surface area contributed by atoms with Gasteiger partial charge in [-0.15, -0.1) is 10.2 Å². The number of carbonyl (C=O) groups excluding carboxylic acids is 1. The van der Waals surface area contributed by atoms with E-state index in [4.69, 9.17) is 4.42 Å². The average Bonchev–Trinajstić information content (AvgIpc) is 3.40. The number of amides is 1. The zero-order chi connectivity index (χ0) is 20.5. The number of nitrogens with zero attached hydrogens (tertiary/aromatic N) is 5. The van der Waals surface area contributed by atoms with Crippen molar-refractivity contribution < 1.29 is 9.21 Å². The highest BCUT2D eigenvalue weighted by Crippen LogP contribution is 2.32. The van der Waals surface area contributed by atoms with Gasteiger partial charge in [-0.05, 0) is 55.8 Å². The van der Waals surface area contributed by atoms with Crippen LogP contribution in [0.15, 0.2) is 59.1 Å². The Morgan fingerprint density at radius 2 is 2.00 bits per heavy atom. The van der Waals surface area contributed by atoms with E-state index < -0.39 is 0 Å². The first-order chi connectivity index (χ1) is 14.7. The number of fused-ring (bicyclic) bond motifs is 1. The van der Waals surface area contributed by atoms with Gasteiger partial charge in [-0.1, -0.05) is 24.3 Å². The molecule has 3 aromatic heterocycles. The predicted octanol–water partition coefficient (Wildman–Crippen LogP) is 4.15. The summed E-state index contributed by atoms with van der Waals surface area (Å²) in [7, 11) is 0. The van der Waals surface area contributed by atoms with Crippen molar-refractivity contribution in [1.82, 2.24) is 24.6 Å². The zero-order valence-electron chi connectivity index (χ0n) is 16.9. The first kappa shape index (κ1) is 18.5. The van der Waals surface area contributed by atoms with Crippen LogP contribution < -0.4 is 0 Å². The van der Waals surface area contributed by atoms with Gasteiger partial charge in [0.05, 0.1) is 0 Å². The molecule has 5 rings (SSSR count). The van der Waals surface area contributed by atoms with Gasteiger partial charge in [0.25, 0.3) is 5.89 Å². The molecule has 7 nitrogen and oxygen atoms in total. The van der Waals surface area contributed by atoms with Gasteiger partial charge in [-0.25, -0.2) is 0 Å². The van der Waals surface area contributed by atoms with Crippen LogP contribution in [0, 0.1) is 6.92 Å². The molecule has 152 valence electrons. The fourth-order valence-electron chi connectivity index (χ4n) is 4.23. The van der Waals surface area contributed by atoms with E-state index in [0.717, 1.165) is 35.9 Å². The fraction of sp³-hybridized carbons (Fsp3) is 0.304. The highest BCUT2D eigenvalue weighted by atomic mass is 16.4. The van der Waals surface area contributed by atoms with Crippen molar-refractivity contribution >= 4 is 16.8 Å². The Labute approximate surface area is 174 Å². The lowest BCUT2D eigenvalue weighted by Gasteiger charge is -2.33. The molecule has 0 radical (unpaired) electrons. The molecule has 0 bridgehead atoms. The quantitative estimate of drug-likeness (QED) is 0.513. The Kier molecular flexibility index (Phi) is 4.78. The van der Waals surface area contributed by atoms with Gasteiger partial charge in [0.15, 0.2) is 0 Å². The molecule has 1 atom stereocenters. The van der Waals surface area contributed by atoms with Gasteiger partial charge in [0.2, 0.25) is 11.8 Å². The Balaban J connectivity index is 1.41. The van der Waals surface area contributed by atoms with E-state index in [0.29, 0.717) is 30.6 Å². The molecule has 4 aromatic rings. The second-order valence-electron chi connectivity index (χ2n) is 7.69. The summed E-state index contributed by atoms with van der Waals surface area (Å²) in [5.41, 5.74) is 2.79. The maximum Gasteiger partial charge on any atom is 0.266 e. The van der Waals surface area contributed by atoms with Crippen molar-refractivity contribution in [1.29, 1.82) is 0 Å². The maximum absolute atomic E-state index is 13.3. The SMILES string of the molecule is Cc1cc2ccccc2n1CC(=O)N1CCCC[C@@H]1c1nnc(-c2ccccn2)o1. The van der Waals surface area contributed by atoms with E-state index in [1.54, 1.807) is 6.20 Å². The molecule has 1 fully saturated rings. The smallest absolute Gasteiger partial charge is 0.266 e. The topological polar surface area (TPSA) is 77.1 Å². The number of pyridine rings is 1. The lowest BCUT2D eigenvalue weighted by Crippen LogP contribution is -2.40. The summed E-state index contributed by atoms with van der Waals surface area (Å²) in [6, 6.07) is 15.6. The Bertz CT molecular complexity index is 1180. The van der Waals surface area contributed by atoms with Gasteiger partial charge >= 0.3 is 0 Å². The third-order valence-electron chi connectivity index (χ3n) is 5.74. The summed E-state index contributed by atoms with van der Waals surface area (Å²) in [6.07, 6.45) is 4.52. The van der Waals surface area contributed by atoms with Gasteiger partial charge < -0.3 is 13.9 Å². The van der Waals surface area contributed by atoms with Crippen LogP contribution in [0.3, 0.4) is 0 Å². The van der Waals surface area contributed by atoms with Crippen LogP contribution in [0.4, 0.5) is 0 Å². The number of carbonyl (C=O) groups is 1. The van der Waals surface area contributed by atoms with Crippen LogP contribution in [0.1, 0.15) is 36.9 Å². The first-order valence-corrected chi connectivity index (χ1v) is 10.3. The van der Waals surface area contributed by atoms with E-state index >= 15 is 0 Å². The maximum atomic E-state index is 13.3. The molecule has 1 aliphatic heterocycles. The normalized spacial score (nSPS) is 16.8. The van der Waals surface area contributed by atoms with Crippen molar-refractivity contribution in [2.45, 2.75) is 38.8 Å². The third-order valence-corrected chi connectivity index (χ3v) is 5.74. The van der Waals surface area contributed by atoms with Crippen LogP contribution >= 0.6 is 0 Å². The number of aryl methyl sites for hydroxylation is 1. The molecular formula is C23H23N5O2. The molecule has 0 saturated carbocycles. The zero-order valence-corrected chi connectivity index (χ0v) is 16.9. The van der Waals surface area contributed by atoms with E-state index in [2.05, 4.69) is 37.9 Å². The largest absolute Gasteiger partial charge is 0.417 e. The Hall–Kier alpha value is -3.48. The summed E-state index contributed by atoms with van der Waals surface area (Å²) in [6.45, 7) is 3.04. The van der Waals surface area contributed by atoms with Crippen LogP contribution in [-0.2, 0) is 11.3 Å². The first-order valence-electron chi connectivity index (χ1n) is 10.3. The minimum Gasteiger partial charge on any atom is -0.417 e. The number of likely N-dealkylation sites (tertiary alicyclic amines) is 1. The second kappa shape index (κ2) is 7.74. The number of hydrogen-bond donors (Lipinski definition) is 0. The monoisotopic (exact) mass is 401 g/mol. The highest BCUT2D eigenvalue weighted by molar-refractivity contribution is 5.84. The summed E-state index contributed by atoms with van der Waals surface area (Å²) in [5, 5.41) is 9.57. The molecule has 7 heteroatoms. The highest BCUT2D eigenvalue weighted by Gasteiger charge is 2.32. The third kappa shape index (κ3) is 3.36. The lowest BCUT2D eigenvalue weighted by molar-refractivity contribution is -0.136. The summed E-state index contributed by atoms with van der Waals surface area (Å²) >= 11 is 0. The Morgan fingerprint density at radius 1 is 1.13 bits per heavy atom. The molecule has 0 aliphatic carbocycles. The molecule has 0 spiro atoms. The summed E-state index contributed by atoms with van der Waals surface area (Å²) < 4.78 is 8.01. The van der Waals surface area contributed by atoms with Gasteiger partial charge in [-0.2, -0.15) is 0 Å². The van der Waals surface area contributed by atoms with Crippen molar-refractivity contribution in [3.8, 4) is 11.6 Å².